The molecule has 13 nitrogen and oxygen atoms in total. The van der Waals surface area contributed by atoms with Gasteiger partial charge in [-0.05, 0) is 43.5 Å². The standard InChI is InChI=1S/C22H33N5O8S/c23-8-2-1-3-15(22(34)35)25-21(33)17(11-36)27-20(32)16(9-12-4-6-13(28)7-5-12)26-19(31)14(24)10-18(29)30/h4-7,14-17,28,36H,1-3,8-11,23-24H2,(H,25,33)(H,26,31)(H,27,32)(H,29,30)(H,34,35). The van der Waals surface area contributed by atoms with E-state index in [1.54, 1.807) is 0 Å². The van der Waals surface area contributed by atoms with Gasteiger partial charge in [-0.15, -0.1) is 0 Å². The average molecular weight is 528 g/mol. The van der Waals surface area contributed by atoms with Gasteiger partial charge in [-0.3, -0.25) is 19.2 Å². The van der Waals surface area contributed by atoms with Gasteiger partial charge in [0.1, 0.15) is 23.9 Å². The number of carbonyl (C=O) groups excluding carboxylic acids is 3. The van der Waals surface area contributed by atoms with Crippen molar-refractivity contribution in [2.75, 3.05) is 12.3 Å². The number of aromatic hydroxyl groups is 1. The van der Waals surface area contributed by atoms with Gasteiger partial charge < -0.3 is 42.7 Å². The second-order valence-corrected chi connectivity index (χ2v) is 8.43. The van der Waals surface area contributed by atoms with Crippen molar-refractivity contribution in [3.8, 4) is 5.75 Å². The summed E-state index contributed by atoms with van der Waals surface area (Å²) in [6, 6.07) is 0.671. The number of amides is 3. The predicted octanol–water partition coefficient (Wildman–Crippen LogP) is -1.67. The van der Waals surface area contributed by atoms with Gasteiger partial charge in [-0.2, -0.15) is 12.6 Å². The number of benzene rings is 1. The molecular formula is C22H33N5O8S. The second kappa shape index (κ2) is 15.6. The molecule has 0 aromatic heterocycles. The van der Waals surface area contributed by atoms with E-state index in [2.05, 4.69) is 28.6 Å². The summed E-state index contributed by atoms with van der Waals surface area (Å²) in [4.78, 5) is 60.4. The molecule has 1 aromatic carbocycles. The van der Waals surface area contributed by atoms with Gasteiger partial charge in [0.15, 0.2) is 0 Å². The smallest absolute Gasteiger partial charge is 0.326 e. The molecule has 0 aliphatic carbocycles. The molecule has 1 rings (SSSR count). The van der Waals surface area contributed by atoms with Gasteiger partial charge in [0.25, 0.3) is 0 Å². The Morgan fingerprint density at radius 2 is 1.42 bits per heavy atom. The lowest BCUT2D eigenvalue weighted by Gasteiger charge is -2.24. The molecule has 0 saturated heterocycles. The minimum atomic E-state index is -1.42. The molecule has 0 fully saturated rings. The van der Waals surface area contributed by atoms with E-state index in [0.29, 0.717) is 24.9 Å². The number of hydrogen-bond acceptors (Lipinski definition) is 9. The number of thiol groups is 1. The van der Waals surface area contributed by atoms with Crippen molar-refractivity contribution in [1.29, 1.82) is 0 Å². The molecular weight excluding hydrogens is 494 g/mol. The first-order chi connectivity index (χ1) is 17.0. The average Bonchev–Trinajstić information content (AvgIpc) is 2.81. The summed E-state index contributed by atoms with van der Waals surface area (Å²) in [5, 5.41) is 34.9. The lowest BCUT2D eigenvalue weighted by Crippen LogP contribution is -2.58. The zero-order valence-corrected chi connectivity index (χ0v) is 20.4. The van der Waals surface area contributed by atoms with Crippen molar-refractivity contribution < 1.29 is 39.3 Å². The molecule has 200 valence electrons. The Morgan fingerprint density at radius 3 is 1.94 bits per heavy atom. The van der Waals surface area contributed by atoms with E-state index < -0.39 is 60.2 Å². The van der Waals surface area contributed by atoms with E-state index in [-0.39, 0.29) is 24.3 Å². The maximum Gasteiger partial charge on any atom is 0.326 e. The van der Waals surface area contributed by atoms with Gasteiger partial charge in [0.2, 0.25) is 17.7 Å². The lowest BCUT2D eigenvalue weighted by molar-refractivity contribution is -0.142. The third-order valence-electron chi connectivity index (χ3n) is 5.12. The number of hydrogen-bond donors (Lipinski definition) is 9. The number of carboxylic acid groups (broad SMARTS) is 2. The van der Waals surface area contributed by atoms with Crippen LogP contribution in [0.15, 0.2) is 24.3 Å². The van der Waals surface area contributed by atoms with Gasteiger partial charge >= 0.3 is 11.9 Å². The number of unbranched alkanes of at least 4 members (excludes halogenated alkanes) is 1. The topological polar surface area (TPSA) is 234 Å². The number of phenolic OH excluding ortho intramolecular Hbond substituents is 1. The summed E-state index contributed by atoms with van der Waals surface area (Å²) in [7, 11) is 0. The monoisotopic (exact) mass is 527 g/mol. The minimum absolute atomic E-state index is 0.0153. The van der Waals surface area contributed by atoms with Crippen LogP contribution < -0.4 is 27.4 Å². The quantitative estimate of drug-likeness (QED) is 0.0876. The summed E-state index contributed by atoms with van der Waals surface area (Å²) < 4.78 is 0. The molecule has 0 aliphatic heterocycles. The molecule has 14 heteroatoms. The first kappa shape index (κ1) is 30.7. The summed E-state index contributed by atoms with van der Waals surface area (Å²) in [6.07, 6.45) is 0.460. The van der Waals surface area contributed by atoms with Crippen molar-refractivity contribution in [3.05, 3.63) is 29.8 Å². The van der Waals surface area contributed by atoms with Gasteiger partial charge in [0.05, 0.1) is 12.5 Å². The molecule has 0 saturated carbocycles. The maximum absolute atomic E-state index is 13.0. The van der Waals surface area contributed by atoms with E-state index >= 15 is 0 Å². The molecule has 10 N–H and O–H groups in total. The van der Waals surface area contributed by atoms with Gasteiger partial charge in [0, 0.05) is 12.2 Å². The van der Waals surface area contributed by atoms with Crippen LogP contribution in [0.3, 0.4) is 0 Å². The Hall–Kier alpha value is -3.36. The fourth-order valence-electron chi connectivity index (χ4n) is 3.13. The summed E-state index contributed by atoms with van der Waals surface area (Å²) in [5.41, 5.74) is 11.5. The van der Waals surface area contributed by atoms with Gasteiger partial charge in [-0.1, -0.05) is 12.1 Å². The summed E-state index contributed by atoms with van der Waals surface area (Å²) in [5.74, 6) is -5.21. The lowest BCUT2D eigenvalue weighted by atomic mass is 10.0. The van der Waals surface area contributed by atoms with E-state index in [1.807, 2.05) is 0 Å². The fraction of sp³-hybridized carbons (Fsp3) is 0.500. The van der Waals surface area contributed by atoms with Crippen LogP contribution in [0.2, 0.25) is 0 Å². The molecule has 4 unspecified atom stereocenters. The van der Waals surface area contributed by atoms with Crippen molar-refractivity contribution in [2.45, 2.75) is 56.3 Å². The number of rotatable bonds is 16. The van der Waals surface area contributed by atoms with Crippen LogP contribution in [0.1, 0.15) is 31.2 Å². The Labute approximate surface area is 213 Å². The third-order valence-corrected chi connectivity index (χ3v) is 5.48. The highest BCUT2D eigenvalue weighted by Crippen LogP contribution is 2.12. The van der Waals surface area contributed by atoms with Crippen LogP contribution in [0.4, 0.5) is 0 Å². The van der Waals surface area contributed by atoms with E-state index in [1.165, 1.54) is 24.3 Å². The molecule has 0 spiro atoms. The van der Waals surface area contributed by atoms with Crippen LogP contribution in [-0.4, -0.2) is 81.4 Å². The Morgan fingerprint density at radius 1 is 0.861 bits per heavy atom. The maximum atomic E-state index is 13.0. The Balaban J connectivity index is 2.98. The largest absolute Gasteiger partial charge is 0.508 e. The zero-order chi connectivity index (χ0) is 27.3. The van der Waals surface area contributed by atoms with Crippen LogP contribution in [0.25, 0.3) is 0 Å². The Kier molecular flexibility index (Phi) is 13.3. The number of nitrogens with one attached hydrogen (secondary N) is 3. The number of phenols is 1. The van der Waals surface area contributed by atoms with E-state index in [0.717, 1.165) is 0 Å². The molecule has 36 heavy (non-hydrogen) atoms. The van der Waals surface area contributed by atoms with Crippen LogP contribution in [0.5, 0.6) is 5.75 Å². The number of aliphatic carboxylic acids is 2. The van der Waals surface area contributed by atoms with E-state index in [4.69, 9.17) is 16.6 Å². The molecule has 0 heterocycles. The van der Waals surface area contributed by atoms with Gasteiger partial charge in [-0.25, -0.2) is 4.79 Å². The normalized spacial score (nSPS) is 14.1. The molecule has 1 aromatic rings. The van der Waals surface area contributed by atoms with Crippen LogP contribution in [-0.2, 0) is 30.4 Å². The minimum Gasteiger partial charge on any atom is -0.508 e. The second-order valence-electron chi connectivity index (χ2n) is 8.06. The fourth-order valence-corrected chi connectivity index (χ4v) is 3.38. The summed E-state index contributed by atoms with van der Waals surface area (Å²) in [6.45, 7) is 0.375. The van der Waals surface area contributed by atoms with Crippen molar-refractivity contribution in [1.82, 2.24) is 16.0 Å². The highest BCUT2D eigenvalue weighted by atomic mass is 32.1. The zero-order valence-electron chi connectivity index (χ0n) is 19.6. The van der Waals surface area contributed by atoms with Crippen LogP contribution in [0, 0.1) is 0 Å². The van der Waals surface area contributed by atoms with Crippen molar-refractivity contribution in [2.24, 2.45) is 11.5 Å². The van der Waals surface area contributed by atoms with Crippen molar-refractivity contribution >= 4 is 42.3 Å². The molecule has 0 bridgehead atoms. The summed E-state index contributed by atoms with van der Waals surface area (Å²) >= 11 is 4.07. The molecule has 4 atom stereocenters. The first-order valence-electron chi connectivity index (χ1n) is 11.2. The molecule has 3 amide bonds. The number of carbonyl (C=O) groups is 5. The van der Waals surface area contributed by atoms with Crippen LogP contribution >= 0.6 is 12.6 Å². The Bertz CT molecular complexity index is 914. The van der Waals surface area contributed by atoms with E-state index in [9.17, 15) is 34.2 Å². The first-order valence-corrected chi connectivity index (χ1v) is 11.8. The molecule has 0 aliphatic rings. The van der Waals surface area contributed by atoms with Crippen molar-refractivity contribution in [3.63, 3.8) is 0 Å². The number of carboxylic acids is 2. The molecule has 0 radical (unpaired) electrons. The third kappa shape index (κ3) is 10.9. The highest BCUT2D eigenvalue weighted by molar-refractivity contribution is 7.80. The SMILES string of the molecule is NCCCCC(NC(=O)C(CS)NC(=O)C(Cc1ccc(O)cc1)NC(=O)C(N)CC(=O)O)C(=O)O. The highest BCUT2D eigenvalue weighted by Gasteiger charge is 2.30. The number of nitrogens with two attached hydrogens (primary N) is 2. The predicted molar refractivity (Wildman–Crippen MR) is 132 cm³/mol.